The third kappa shape index (κ3) is 5.37. The van der Waals surface area contributed by atoms with E-state index >= 15 is 0 Å². The van der Waals surface area contributed by atoms with Crippen molar-refractivity contribution in [2.45, 2.75) is 39.3 Å². The fraction of sp³-hybridized carbons (Fsp3) is 0.667. The maximum atomic E-state index is 8.88. The summed E-state index contributed by atoms with van der Waals surface area (Å²) in [4.78, 5) is 2.55. The molecule has 1 unspecified atom stereocenters. The predicted molar refractivity (Wildman–Crippen MR) is 92.2 cm³/mol. The van der Waals surface area contributed by atoms with Gasteiger partial charge in [0.15, 0.2) is 11.5 Å². The van der Waals surface area contributed by atoms with Crippen molar-refractivity contribution in [3.8, 4) is 11.5 Å². The average Bonchev–Trinajstić information content (AvgIpc) is 3.02. The summed E-state index contributed by atoms with van der Waals surface area (Å²) in [5.41, 5.74) is 1.19. The molecular weight excluding hydrogens is 292 g/mol. The standard InChI is InChI=1S/C18H30N2O3/c1-3-20-9-5-6-16(20)14-19-13-15-7-8-17(23-11-10-21)18(12-15)22-4-2/h7-8,12,16,19,21H,3-6,9-11,13-14H2,1-2H3. The monoisotopic (exact) mass is 322 g/mol. The third-order valence-corrected chi connectivity index (χ3v) is 4.27. The van der Waals surface area contributed by atoms with Gasteiger partial charge < -0.3 is 19.9 Å². The van der Waals surface area contributed by atoms with Gasteiger partial charge in [0, 0.05) is 19.1 Å². The topological polar surface area (TPSA) is 54.0 Å². The van der Waals surface area contributed by atoms with E-state index in [9.17, 15) is 0 Å². The molecule has 1 atom stereocenters. The minimum atomic E-state index is 0.00416. The average molecular weight is 322 g/mol. The molecule has 2 rings (SSSR count). The lowest BCUT2D eigenvalue weighted by molar-refractivity contribution is 0.194. The lowest BCUT2D eigenvalue weighted by Gasteiger charge is -2.23. The minimum Gasteiger partial charge on any atom is -0.490 e. The second kappa shape index (κ2) is 9.75. The van der Waals surface area contributed by atoms with Crippen LogP contribution in [0.15, 0.2) is 18.2 Å². The molecule has 2 N–H and O–H groups in total. The van der Waals surface area contributed by atoms with E-state index in [2.05, 4.69) is 23.2 Å². The molecule has 0 aliphatic carbocycles. The van der Waals surface area contributed by atoms with Crippen molar-refractivity contribution in [1.29, 1.82) is 0 Å². The number of rotatable bonds is 10. The van der Waals surface area contributed by atoms with Crippen molar-refractivity contribution in [2.75, 3.05) is 39.5 Å². The summed E-state index contributed by atoms with van der Waals surface area (Å²) in [6, 6.07) is 6.66. The number of likely N-dealkylation sites (N-methyl/N-ethyl adjacent to an activating group) is 1. The first-order valence-corrected chi connectivity index (χ1v) is 8.72. The van der Waals surface area contributed by atoms with Gasteiger partial charge in [-0.15, -0.1) is 0 Å². The van der Waals surface area contributed by atoms with Gasteiger partial charge in [-0.1, -0.05) is 13.0 Å². The highest BCUT2D eigenvalue weighted by Crippen LogP contribution is 2.28. The molecule has 1 aliphatic rings. The Morgan fingerprint density at radius 2 is 2.13 bits per heavy atom. The first-order chi connectivity index (χ1) is 11.3. The van der Waals surface area contributed by atoms with Crippen LogP contribution in [0.5, 0.6) is 11.5 Å². The second-order valence-electron chi connectivity index (χ2n) is 5.84. The van der Waals surface area contributed by atoms with E-state index in [0.717, 1.165) is 25.4 Å². The smallest absolute Gasteiger partial charge is 0.161 e. The second-order valence-corrected chi connectivity index (χ2v) is 5.84. The van der Waals surface area contributed by atoms with Crippen molar-refractivity contribution in [2.24, 2.45) is 0 Å². The van der Waals surface area contributed by atoms with Gasteiger partial charge in [-0.05, 0) is 50.6 Å². The summed E-state index contributed by atoms with van der Waals surface area (Å²) in [5, 5.41) is 12.4. The van der Waals surface area contributed by atoms with E-state index in [1.807, 2.05) is 19.1 Å². The van der Waals surface area contributed by atoms with Crippen molar-refractivity contribution in [3.05, 3.63) is 23.8 Å². The molecule has 0 aromatic heterocycles. The largest absolute Gasteiger partial charge is 0.490 e. The Bertz CT molecular complexity index is 468. The predicted octanol–water partition coefficient (Wildman–Crippen LogP) is 2.03. The Labute approximate surface area is 139 Å². The lowest BCUT2D eigenvalue weighted by atomic mass is 10.1. The lowest BCUT2D eigenvalue weighted by Crippen LogP contribution is -2.37. The van der Waals surface area contributed by atoms with E-state index in [1.165, 1.54) is 24.9 Å². The fourth-order valence-corrected chi connectivity index (χ4v) is 3.13. The van der Waals surface area contributed by atoms with Gasteiger partial charge in [-0.3, -0.25) is 4.90 Å². The summed E-state index contributed by atoms with van der Waals surface area (Å²) in [7, 11) is 0. The van der Waals surface area contributed by atoms with Gasteiger partial charge in [0.1, 0.15) is 6.61 Å². The summed E-state index contributed by atoms with van der Waals surface area (Å²) >= 11 is 0. The van der Waals surface area contributed by atoms with E-state index in [1.54, 1.807) is 0 Å². The van der Waals surface area contributed by atoms with Gasteiger partial charge in [0.2, 0.25) is 0 Å². The first kappa shape index (κ1) is 18.0. The van der Waals surface area contributed by atoms with Crippen LogP contribution in [0.3, 0.4) is 0 Å². The Balaban J connectivity index is 1.88. The number of hydrogen-bond donors (Lipinski definition) is 2. The molecule has 0 saturated carbocycles. The Hall–Kier alpha value is -1.30. The Morgan fingerprint density at radius 3 is 2.87 bits per heavy atom. The summed E-state index contributed by atoms with van der Waals surface area (Å²) < 4.78 is 11.2. The van der Waals surface area contributed by atoms with Crippen molar-refractivity contribution in [1.82, 2.24) is 10.2 Å². The molecule has 1 aromatic carbocycles. The third-order valence-electron chi connectivity index (χ3n) is 4.27. The first-order valence-electron chi connectivity index (χ1n) is 8.72. The quantitative estimate of drug-likeness (QED) is 0.690. The summed E-state index contributed by atoms with van der Waals surface area (Å²) in [6.45, 7) is 9.30. The SMILES string of the molecule is CCOc1cc(CNCC2CCCN2CC)ccc1OCCO. The van der Waals surface area contributed by atoms with Gasteiger partial charge >= 0.3 is 0 Å². The number of nitrogens with zero attached hydrogens (tertiary/aromatic N) is 1. The number of hydrogen-bond acceptors (Lipinski definition) is 5. The molecule has 1 heterocycles. The summed E-state index contributed by atoms with van der Waals surface area (Å²) in [6.07, 6.45) is 2.60. The minimum absolute atomic E-state index is 0.00416. The normalized spacial score (nSPS) is 18.3. The number of aliphatic hydroxyl groups excluding tert-OH is 1. The van der Waals surface area contributed by atoms with Crippen LogP contribution in [-0.4, -0.2) is 55.5 Å². The van der Waals surface area contributed by atoms with Crippen molar-refractivity contribution >= 4 is 0 Å². The Kier molecular flexibility index (Phi) is 7.65. The zero-order valence-electron chi connectivity index (χ0n) is 14.4. The highest BCUT2D eigenvalue weighted by atomic mass is 16.5. The van der Waals surface area contributed by atoms with Gasteiger partial charge in [0.25, 0.3) is 0 Å². The van der Waals surface area contributed by atoms with Crippen LogP contribution in [0.1, 0.15) is 32.3 Å². The van der Waals surface area contributed by atoms with Crippen LogP contribution in [0.25, 0.3) is 0 Å². The van der Waals surface area contributed by atoms with Crippen LogP contribution < -0.4 is 14.8 Å². The fourth-order valence-electron chi connectivity index (χ4n) is 3.13. The highest BCUT2D eigenvalue weighted by molar-refractivity contribution is 5.43. The molecule has 1 fully saturated rings. The molecule has 0 bridgehead atoms. The van der Waals surface area contributed by atoms with Crippen LogP contribution in [0.4, 0.5) is 0 Å². The number of benzene rings is 1. The molecule has 130 valence electrons. The van der Waals surface area contributed by atoms with Gasteiger partial charge in [0.05, 0.1) is 13.2 Å². The molecule has 1 aromatic rings. The van der Waals surface area contributed by atoms with E-state index in [4.69, 9.17) is 14.6 Å². The van der Waals surface area contributed by atoms with Crippen LogP contribution in [-0.2, 0) is 6.54 Å². The molecule has 5 nitrogen and oxygen atoms in total. The molecule has 1 aliphatic heterocycles. The molecule has 5 heteroatoms. The number of nitrogens with one attached hydrogen (secondary N) is 1. The summed E-state index contributed by atoms with van der Waals surface area (Å²) in [5.74, 6) is 1.44. The number of ether oxygens (including phenoxy) is 2. The highest BCUT2D eigenvalue weighted by Gasteiger charge is 2.22. The van der Waals surface area contributed by atoms with E-state index < -0.39 is 0 Å². The van der Waals surface area contributed by atoms with Gasteiger partial charge in [-0.2, -0.15) is 0 Å². The molecule has 0 amide bonds. The zero-order valence-corrected chi connectivity index (χ0v) is 14.4. The van der Waals surface area contributed by atoms with E-state index in [0.29, 0.717) is 18.4 Å². The van der Waals surface area contributed by atoms with Crippen molar-refractivity contribution in [3.63, 3.8) is 0 Å². The maximum Gasteiger partial charge on any atom is 0.161 e. The van der Waals surface area contributed by atoms with Crippen LogP contribution in [0, 0.1) is 0 Å². The molecular formula is C18H30N2O3. The number of aliphatic hydroxyl groups is 1. The van der Waals surface area contributed by atoms with E-state index in [-0.39, 0.29) is 13.2 Å². The zero-order chi connectivity index (χ0) is 16.5. The van der Waals surface area contributed by atoms with Crippen molar-refractivity contribution < 1.29 is 14.6 Å². The van der Waals surface area contributed by atoms with Crippen LogP contribution in [0.2, 0.25) is 0 Å². The molecule has 0 spiro atoms. The molecule has 0 radical (unpaired) electrons. The van der Waals surface area contributed by atoms with Gasteiger partial charge in [-0.25, -0.2) is 0 Å². The van der Waals surface area contributed by atoms with Crippen LogP contribution >= 0.6 is 0 Å². The Morgan fingerprint density at radius 1 is 1.26 bits per heavy atom. The molecule has 23 heavy (non-hydrogen) atoms. The molecule has 1 saturated heterocycles. The maximum absolute atomic E-state index is 8.88. The number of likely N-dealkylation sites (tertiary alicyclic amines) is 1.